The summed E-state index contributed by atoms with van der Waals surface area (Å²) in [6.45, 7) is 4.77. The number of carbonyl (C=O) groups excluding carboxylic acids is 1. The number of benzene rings is 3. The molecule has 1 saturated heterocycles. The molecule has 0 aromatic heterocycles. The Morgan fingerprint density at radius 1 is 0.971 bits per heavy atom. The van der Waals surface area contributed by atoms with Crippen molar-refractivity contribution < 1.29 is 23.1 Å². The van der Waals surface area contributed by atoms with Crippen LogP contribution in [0.4, 0.5) is 24.5 Å². The minimum atomic E-state index is -1.27. The predicted octanol–water partition coefficient (Wildman–Crippen LogP) is 4.48. The Balaban J connectivity index is 1.38. The van der Waals surface area contributed by atoms with Crippen molar-refractivity contribution in [2.75, 3.05) is 31.5 Å². The molecule has 5 nitrogen and oxygen atoms in total. The summed E-state index contributed by atoms with van der Waals surface area (Å²) in [6.07, 6.45) is 0.804. The zero-order chi connectivity index (χ0) is 25.2. The number of aliphatic hydroxyl groups is 1. The number of hydrogen-bond acceptors (Lipinski definition) is 4. The number of hydrogen-bond donors (Lipinski definition) is 3. The second-order valence-corrected chi connectivity index (χ2v) is 9.19. The van der Waals surface area contributed by atoms with Crippen LogP contribution in [-0.4, -0.2) is 47.7 Å². The number of nitrogens with zero attached hydrogens (tertiary/aromatic N) is 1. The van der Waals surface area contributed by atoms with Crippen molar-refractivity contribution in [1.82, 2.24) is 10.2 Å². The van der Waals surface area contributed by atoms with E-state index in [4.69, 9.17) is 0 Å². The molecule has 1 aliphatic heterocycles. The fourth-order valence-electron chi connectivity index (χ4n) is 4.11. The molecule has 0 radical (unpaired) electrons. The van der Waals surface area contributed by atoms with Gasteiger partial charge in [0.05, 0.1) is 30.0 Å². The molecule has 184 valence electrons. The molecular formula is C27H28F3N3O2. The summed E-state index contributed by atoms with van der Waals surface area (Å²) in [4.78, 5) is 14.4. The number of β-amino-alcohol motifs (C(OH)–C–C–N with tert-alkyl or cyclic N) is 1. The van der Waals surface area contributed by atoms with Gasteiger partial charge in [-0.25, -0.2) is 13.2 Å². The lowest BCUT2D eigenvalue weighted by atomic mass is 9.92. The Hall–Kier alpha value is -3.36. The van der Waals surface area contributed by atoms with Crippen molar-refractivity contribution in [1.29, 1.82) is 0 Å². The first-order chi connectivity index (χ1) is 16.6. The van der Waals surface area contributed by atoms with Crippen molar-refractivity contribution in [3.05, 3.63) is 94.3 Å². The quantitative estimate of drug-likeness (QED) is 0.414. The van der Waals surface area contributed by atoms with Gasteiger partial charge in [0.15, 0.2) is 11.6 Å². The minimum absolute atomic E-state index is 0.0424. The molecule has 0 unspecified atom stereocenters. The maximum Gasteiger partial charge on any atom is 0.256 e. The molecule has 3 aromatic carbocycles. The fourth-order valence-corrected chi connectivity index (χ4v) is 4.11. The van der Waals surface area contributed by atoms with Gasteiger partial charge in [-0.1, -0.05) is 35.9 Å². The highest BCUT2D eigenvalue weighted by molar-refractivity contribution is 6.01. The molecule has 4 rings (SSSR count). The molecule has 8 heteroatoms. The topological polar surface area (TPSA) is 64.6 Å². The summed E-state index contributed by atoms with van der Waals surface area (Å²) < 4.78 is 42.9. The highest BCUT2D eigenvalue weighted by atomic mass is 19.2. The minimum Gasteiger partial charge on any atom is -0.385 e. The Kier molecular flexibility index (Phi) is 7.14. The predicted molar refractivity (Wildman–Crippen MR) is 129 cm³/mol. The van der Waals surface area contributed by atoms with Crippen LogP contribution in [0.2, 0.25) is 0 Å². The standard InChI is InChI=1S/C27H28F3N3O2/c1-17-3-6-19(7-4-17)11-12-31-14-27(35)15-33(16-27)26(34)20-8-9-21(28)24(30)25(20)32-23-10-5-18(2)13-22(23)29/h3-10,13,31-32,35H,11-12,14-16H2,1-2H3. The lowest BCUT2D eigenvalue weighted by Crippen LogP contribution is -2.67. The van der Waals surface area contributed by atoms with E-state index >= 15 is 0 Å². The normalized spacial score (nSPS) is 14.5. The maximum absolute atomic E-state index is 14.6. The van der Waals surface area contributed by atoms with Gasteiger partial charge in [-0.2, -0.15) is 0 Å². The number of likely N-dealkylation sites (tertiary alicyclic amines) is 1. The van der Waals surface area contributed by atoms with E-state index in [-0.39, 0.29) is 24.3 Å². The molecule has 0 spiro atoms. The van der Waals surface area contributed by atoms with E-state index in [1.54, 1.807) is 13.0 Å². The van der Waals surface area contributed by atoms with Gasteiger partial charge < -0.3 is 20.6 Å². The van der Waals surface area contributed by atoms with E-state index < -0.39 is 34.6 Å². The second kappa shape index (κ2) is 10.1. The number of nitrogens with one attached hydrogen (secondary N) is 2. The van der Waals surface area contributed by atoms with Gasteiger partial charge in [0.1, 0.15) is 11.4 Å². The van der Waals surface area contributed by atoms with E-state index in [9.17, 15) is 23.1 Å². The number of aryl methyl sites for hydroxylation is 2. The number of halogens is 3. The summed E-state index contributed by atoms with van der Waals surface area (Å²) >= 11 is 0. The lowest BCUT2D eigenvalue weighted by molar-refractivity contribution is -0.0783. The smallest absolute Gasteiger partial charge is 0.256 e. The van der Waals surface area contributed by atoms with E-state index in [0.717, 1.165) is 18.6 Å². The van der Waals surface area contributed by atoms with Crippen molar-refractivity contribution in [2.45, 2.75) is 25.9 Å². The van der Waals surface area contributed by atoms with Crippen LogP contribution in [-0.2, 0) is 6.42 Å². The van der Waals surface area contributed by atoms with Gasteiger partial charge >= 0.3 is 0 Å². The molecular weight excluding hydrogens is 455 g/mol. The lowest BCUT2D eigenvalue weighted by Gasteiger charge is -2.46. The first-order valence-corrected chi connectivity index (χ1v) is 11.4. The summed E-state index contributed by atoms with van der Waals surface area (Å²) in [5.74, 6) is -3.66. The van der Waals surface area contributed by atoms with Gasteiger partial charge in [-0.05, 0) is 62.2 Å². The molecule has 0 saturated carbocycles. The van der Waals surface area contributed by atoms with E-state index in [1.165, 1.54) is 28.2 Å². The highest BCUT2D eigenvalue weighted by Gasteiger charge is 2.44. The first kappa shape index (κ1) is 24.8. The molecule has 0 bridgehead atoms. The Morgan fingerprint density at radius 2 is 1.66 bits per heavy atom. The first-order valence-electron chi connectivity index (χ1n) is 11.4. The molecule has 3 aromatic rings. The van der Waals surface area contributed by atoms with Crippen LogP contribution < -0.4 is 10.6 Å². The molecule has 0 atom stereocenters. The molecule has 35 heavy (non-hydrogen) atoms. The third-order valence-electron chi connectivity index (χ3n) is 6.13. The Bertz CT molecular complexity index is 1230. The summed E-state index contributed by atoms with van der Waals surface area (Å²) in [6, 6.07) is 14.5. The zero-order valence-electron chi connectivity index (χ0n) is 19.7. The number of anilines is 2. The van der Waals surface area contributed by atoms with Crippen LogP contribution in [0.1, 0.15) is 27.0 Å². The van der Waals surface area contributed by atoms with Gasteiger partial charge in [0.2, 0.25) is 0 Å². The SMILES string of the molecule is Cc1ccc(CCNCC2(O)CN(C(=O)c3ccc(F)c(F)c3Nc3ccc(C)cc3F)C2)cc1. The number of rotatable bonds is 8. The van der Waals surface area contributed by atoms with Crippen LogP contribution >= 0.6 is 0 Å². The van der Waals surface area contributed by atoms with Crippen LogP contribution in [0.15, 0.2) is 54.6 Å². The summed E-state index contributed by atoms with van der Waals surface area (Å²) in [5, 5.41) is 16.5. The van der Waals surface area contributed by atoms with E-state index in [0.29, 0.717) is 18.7 Å². The van der Waals surface area contributed by atoms with E-state index in [1.807, 2.05) is 19.1 Å². The third kappa shape index (κ3) is 5.66. The average Bonchev–Trinajstić information content (AvgIpc) is 2.80. The highest BCUT2D eigenvalue weighted by Crippen LogP contribution is 2.31. The van der Waals surface area contributed by atoms with Crippen LogP contribution in [0, 0.1) is 31.3 Å². The largest absolute Gasteiger partial charge is 0.385 e. The molecule has 3 N–H and O–H groups in total. The molecule has 1 heterocycles. The van der Waals surface area contributed by atoms with Crippen LogP contribution in [0.25, 0.3) is 0 Å². The van der Waals surface area contributed by atoms with Gasteiger partial charge in [0, 0.05) is 6.54 Å². The van der Waals surface area contributed by atoms with Gasteiger partial charge in [-0.15, -0.1) is 0 Å². The van der Waals surface area contributed by atoms with Crippen molar-refractivity contribution >= 4 is 17.3 Å². The summed E-state index contributed by atoms with van der Waals surface area (Å²) in [7, 11) is 0. The molecule has 1 amide bonds. The second-order valence-electron chi connectivity index (χ2n) is 9.19. The molecule has 1 fully saturated rings. The third-order valence-corrected chi connectivity index (χ3v) is 6.13. The Morgan fingerprint density at radius 3 is 2.34 bits per heavy atom. The maximum atomic E-state index is 14.6. The Labute approximate surface area is 202 Å². The van der Waals surface area contributed by atoms with E-state index in [2.05, 4.69) is 22.8 Å². The van der Waals surface area contributed by atoms with Gasteiger partial charge in [0.25, 0.3) is 5.91 Å². The fraction of sp³-hybridized carbons (Fsp3) is 0.296. The van der Waals surface area contributed by atoms with Crippen LogP contribution in [0.3, 0.4) is 0 Å². The average molecular weight is 484 g/mol. The summed E-state index contributed by atoms with van der Waals surface area (Å²) in [5.41, 5.74) is 1.27. The van der Waals surface area contributed by atoms with Gasteiger partial charge in [-0.3, -0.25) is 4.79 Å². The molecule has 1 aliphatic rings. The van der Waals surface area contributed by atoms with Crippen LogP contribution in [0.5, 0.6) is 0 Å². The van der Waals surface area contributed by atoms with Crippen molar-refractivity contribution in [3.63, 3.8) is 0 Å². The van der Waals surface area contributed by atoms with Crippen molar-refractivity contribution in [2.24, 2.45) is 0 Å². The van der Waals surface area contributed by atoms with Crippen molar-refractivity contribution in [3.8, 4) is 0 Å². The zero-order valence-corrected chi connectivity index (χ0v) is 19.7. The number of amides is 1. The molecule has 0 aliphatic carbocycles. The monoisotopic (exact) mass is 483 g/mol. The number of carbonyl (C=O) groups is 1.